The Morgan fingerprint density at radius 1 is 0.525 bits per heavy atom. The summed E-state index contributed by atoms with van der Waals surface area (Å²) in [6.07, 6.45) is 7.28. The number of nitrogens with zero attached hydrogens (tertiary/aromatic N) is 3. The van der Waals surface area contributed by atoms with E-state index < -0.39 is 0 Å². The van der Waals surface area contributed by atoms with Gasteiger partial charge >= 0.3 is 23.1 Å². The zero-order chi connectivity index (χ0) is 56.1. The molecular weight excluding hydrogens is 1060 g/mol. The van der Waals surface area contributed by atoms with Gasteiger partial charge in [-0.2, -0.15) is 36.4 Å². The predicted octanol–water partition coefficient (Wildman–Crippen LogP) is 16.2. The van der Waals surface area contributed by atoms with Gasteiger partial charge < -0.3 is 31.8 Å². The van der Waals surface area contributed by atoms with Crippen LogP contribution in [0.2, 0.25) is 0 Å². The van der Waals surface area contributed by atoms with Gasteiger partial charge in [0.1, 0.15) is 11.5 Å². The molecule has 8 heteroatoms. The molecule has 0 aliphatic rings. The maximum absolute atomic E-state index is 6.08. The van der Waals surface area contributed by atoms with Crippen LogP contribution in [-0.4, -0.2) is 52.4 Å². The molecule has 6 aromatic carbocycles. The molecule has 412 valence electrons. The van der Waals surface area contributed by atoms with Gasteiger partial charge in [0, 0.05) is 16.8 Å². The van der Waals surface area contributed by atoms with Gasteiger partial charge in [-0.05, 0) is 151 Å². The van der Waals surface area contributed by atoms with Crippen LogP contribution in [-0.2, 0) is 0 Å². The van der Waals surface area contributed by atoms with E-state index in [1.54, 1.807) is 0 Å². The Labute approximate surface area is 507 Å². The zero-order valence-corrected chi connectivity index (χ0v) is 52.6. The van der Waals surface area contributed by atoms with Crippen LogP contribution >= 0.6 is 0 Å². The molecule has 1 N–H and O–H groups in total. The number of para-hydroxylation sites is 2. The van der Waals surface area contributed by atoms with E-state index in [2.05, 4.69) is 217 Å². The summed E-state index contributed by atoms with van der Waals surface area (Å²) in [6.45, 7) is 35.2. The number of aryl methyl sites for hydroxylation is 4. The van der Waals surface area contributed by atoms with Gasteiger partial charge in [0.25, 0.3) is 0 Å². The van der Waals surface area contributed by atoms with E-state index in [-0.39, 0.29) is 46.1 Å². The van der Waals surface area contributed by atoms with Crippen LogP contribution in [0, 0.1) is 33.8 Å². The molecule has 0 spiro atoms. The molecule has 0 saturated heterocycles. The van der Waals surface area contributed by atoms with Gasteiger partial charge in [-0.25, -0.2) is 4.98 Å². The SMILES string of the molecule is C=CCCOc1cc(-c2cccc(C(Nc3c(C(C)C)cccc3C(C)C)c3ccccc3)n2)c(C)cc1C.C=CCCOc1cc(-c2cccc(C=Nc3c(C(C)C)cccc3C(C)C)n2)c(C)cc1C.[Br-].[Mg+2].[c-]1ccccc1. The van der Waals surface area contributed by atoms with Crippen molar-refractivity contribution in [2.75, 3.05) is 18.5 Å². The molecule has 80 heavy (non-hydrogen) atoms. The fourth-order valence-electron chi connectivity index (χ4n) is 9.44. The summed E-state index contributed by atoms with van der Waals surface area (Å²) >= 11 is 0. The van der Waals surface area contributed by atoms with Crippen molar-refractivity contribution >= 4 is 40.6 Å². The van der Waals surface area contributed by atoms with Crippen LogP contribution < -0.4 is 31.8 Å². The van der Waals surface area contributed by atoms with Crippen LogP contribution in [0.3, 0.4) is 0 Å². The topological polar surface area (TPSA) is 68.6 Å². The van der Waals surface area contributed by atoms with Crippen LogP contribution in [0.5, 0.6) is 11.5 Å². The van der Waals surface area contributed by atoms with Gasteiger partial charge in [-0.1, -0.05) is 159 Å². The summed E-state index contributed by atoms with van der Waals surface area (Å²) in [5.74, 6) is 3.41. The molecule has 1 atom stereocenters. The molecule has 6 nitrogen and oxygen atoms in total. The van der Waals surface area contributed by atoms with Gasteiger partial charge in [0.2, 0.25) is 0 Å². The fraction of sp³-hybridized carbons (Fsp3) is 0.292. The molecule has 0 bridgehead atoms. The Morgan fingerprint density at radius 2 is 0.975 bits per heavy atom. The number of anilines is 1. The average Bonchev–Trinajstić information content (AvgIpc) is 3.45. The zero-order valence-electron chi connectivity index (χ0n) is 49.6. The fourth-order valence-corrected chi connectivity index (χ4v) is 9.44. The molecule has 2 aromatic heterocycles. The van der Waals surface area contributed by atoms with E-state index in [1.165, 1.54) is 44.6 Å². The Kier molecular flexibility index (Phi) is 27.4. The second-order valence-electron chi connectivity index (χ2n) is 21.2. The maximum Gasteiger partial charge on any atom is 2.00 e. The van der Waals surface area contributed by atoms with Crippen LogP contribution in [0.25, 0.3) is 22.5 Å². The summed E-state index contributed by atoms with van der Waals surface area (Å²) in [4.78, 5) is 15.1. The number of benzene rings is 6. The molecule has 8 aromatic rings. The van der Waals surface area contributed by atoms with E-state index >= 15 is 0 Å². The van der Waals surface area contributed by atoms with Crippen molar-refractivity contribution in [1.29, 1.82) is 0 Å². The number of nitrogens with one attached hydrogen (secondary N) is 1. The van der Waals surface area contributed by atoms with E-state index in [1.807, 2.05) is 66.9 Å². The van der Waals surface area contributed by atoms with Gasteiger partial charge in [0.05, 0.1) is 53.9 Å². The molecule has 0 aliphatic heterocycles. The third-order valence-corrected chi connectivity index (χ3v) is 13.7. The maximum atomic E-state index is 6.08. The minimum atomic E-state index is -0.0994. The number of hydrogen-bond acceptors (Lipinski definition) is 6. The second-order valence-corrected chi connectivity index (χ2v) is 21.2. The van der Waals surface area contributed by atoms with Crippen molar-refractivity contribution in [1.82, 2.24) is 9.97 Å². The van der Waals surface area contributed by atoms with Gasteiger partial charge in [-0.15, -0.1) is 13.2 Å². The summed E-state index contributed by atoms with van der Waals surface area (Å²) < 4.78 is 12.1. The third-order valence-electron chi connectivity index (χ3n) is 13.7. The van der Waals surface area contributed by atoms with Crippen molar-refractivity contribution in [3.8, 4) is 34.0 Å². The van der Waals surface area contributed by atoms with Crippen molar-refractivity contribution in [2.45, 2.75) is 126 Å². The molecule has 0 radical (unpaired) electrons. The Hall–Kier alpha value is -6.58. The molecule has 0 fully saturated rings. The van der Waals surface area contributed by atoms with Crippen molar-refractivity contribution < 1.29 is 26.5 Å². The number of aliphatic imine (C=N–C) groups is 1. The van der Waals surface area contributed by atoms with Crippen LogP contribution in [0.4, 0.5) is 11.4 Å². The molecule has 8 rings (SSSR count). The minimum Gasteiger partial charge on any atom is -1.00 e. The Balaban J connectivity index is 0.000000307. The number of halogens is 1. The minimum absolute atomic E-state index is 0. The Morgan fingerprint density at radius 3 is 1.43 bits per heavy atom. The molecule has 1 unspecified atom stereocenters. The van der Waals surface area contributed by atoms with Crippen molar-refractivity contribution in [3.63, 3.8) is 0 Å². The molecule has 0 saturated carbocycles. The van der Waals surface area contributed by atoms with E-state index in [0.29, 0.717) is 36.9 Å². The number of rotatable bonds is 20. The average molecular weight is 1140 g/mol. The summed E-state index contributed by atoms with van der Waals surface area (Å²) in [5.41, 5.74) is 19.2. The predicted molar refractivity (Wildman–Crippen MR) is 338 cm³/mol. The van der Waals surface area contributed by atoms with Crippen molar-refractivity contribution in [3.05, 3.63) is 251 Å². The van der Waals surface area contributed by atoms with Crippen LogP contribution in [0.1, 0.15) is 159 Å². The van der Waals surface area contributed by atoms with E-state index in [4.69, 9.17) is 24.4 Å². The van der Waals surface area contributed by atoms with Crippen molar-refractivity contribution in [2.24, 2.45) is 4.99 Å². The first kappa shape index (κ1) is 65.9. The monoisotopic (exact) mass is 1140 g/mol. The molecular formula is C72H83BrMgN4O2. The van der Waals surface area contributed by atoms with Gasteiger partial charge in [-0.3, -0.25) is 9.98 Å². The number of aromatic nitrogens is 2. The van der Waals surface area contributed by atoms with Crippen LogP contribution in [0.15, 0.2) is 188 Å². The first-order valence-corrected chi connectivity index (χ1v) is 27.8. The first-order chi connectivity index (χ1) is 37.6. The normalized spacial score (nSPS) is 11.2. The van der Waals surface area contributed by atoms with E-state index in [0.717, 1.165) is 75.1 Å². The van der Waals surface area contributed by atoms with E-state index in [9.17, 15) is 0 Å². The smallest absolute Gasteiger partial charge is 1.00 e. The first-order valence-electron chi connectivity index (χ1n) is 27.8. The number of ether oxygens (including phenoxy) is 2. The largest absolute Gasteiger partial charge is 2.00 e. The van der Waals surface area contributed by atoms with Gasteiger partial charge in [0.15, 0.2) is 0 Å². The standard InChI is InChI=1S/C36H42N2O.C30H36N2O.C6H5.BrH.Mg/c1-8-9-21-39-34-23-31(26(6)22-27(34)7)32-19-14-20-33(37-32)35(28-15-11-10-12-16-28)38-36-29(24(2)3)17-13-18-30(36)25(4)5;1-8-9-16-33-29-18-27(22(6)17-23(29)7)28-15-10-12-24(32-28)19-31-30-25(20(2)3)13-11-14-26(30)21(4)5;1-2-4-6-5-3-1;;/h8,10-20,22-25,35,38H,1,9,21H2,2-7H3;8,10-15,17-21H,1,9,16H2,2-7H3;1-5H;1H;/q;;-1;;+2/p-1. The number of pyridine rings is 2. The Bertz CT molecular complexity index is 3140. The molecule has 2 heterocycles. The number of hydrogen-bond donors (Lipinski definition) is 1. The summed E-state index contributed by atoms with van der Waals surface area (Å²) in [5, 5.41) is 3.96. The quantitative estimate of drug-likeness (QED) is 0.0271. The molecule has 0 amide bonds. The third kappa shape index (κ3) is 18.5. The second kappa shape index (κ2) is 33.2. The summed E-state index contributed by atoms with van der Waals surface area (Å²) in [7, 11) is 0. The molecule has 0 aliphatic carbocycles. The summed E-state index contributed by atoms with van der Waals surface area (Å²) in [6, 6.07) is 57.2.